The van der Waals surface area contributed by atoms with Gasteiger partial charge in [0.1, 0.15) is 0 Å². The standard InChI is InChI=1S/C24H30ClN3O3/c1-27(2)22-12-11-19(26-23(29)17-7-6-8-17)15-18(22)16-28(13-14-31-3)24(30)20-9-4-5-10-21(20)25/h4-5,9-12,15,17H,6-8,13-14,16H2,1-3H3,(H,26,29). The average molecular weight is 444 g/mol. The van der Waals surface area contributed by atoms with Crippen LogP contribution in [0.15, 0.2) is 42.5 Å². The van der Waals surface area contributed by atoms with E-state index in [4.69, 9.17) is 16.3 Å². The minimum atomic E-state index is -0.156. The monoisotopic (exact) mass is 443 g/mol. The van der Waals surface area contributed by atoms with Gasteiger partial charge >= 0.3 is 0 Å². The van der Waals surface area contributed by atoms with Crippen molar-refractivity contribution < 1.29 is 14.3 Å². The highest BCUT2D eigenvalue weighted by atomic mass is 35.5. The maximum atomic E-state index is 13.3. The molecular weight excluding hydrogens is 414 g/mol. The van der Waals surface area contributed by atoms with Crippen molar-refractivity contribution in [1.82, 2.24) is 4.90 Å². The second kappa shape index (κ2) is 10.6. The molecule has 2 amide bonds. The molecule has 7 heteroatoms. The summed E-state index contributed by atoms with van der Waals surface area (Å²) in [7, 11) is 5.53. The highest BCUT2D eigenvalue weighted by molar-refractivity contribution is 6.33. The van der Waals surface area contributed by atoms with E-state index in [0.29, 0.717) is 30.3 Å². The van der Waals surface area contributed by atoms with Crippen LogP contribution in [0.3, 0.4) is 0 Å². The minimum absolute atomic E-state index is 0.0678. The summed E-state index contributed by atoms with van der Waals surface area (Å²) in [4.78, 5) is 29.4. The van der Waals surface area contributed by atoms with Crippen molar-refractivity contribution in [3.63, 3.8) is 0 Å². The zero-order valence-corrected chi connectivity index (χ0v) is 19.1. The second-order valence-corrected chi connectivity index (χ2v) is 8.46. The van der Waals surface area contributed by atoms with Crippen molar-refractivity contribution in [1.29, 1.82) is 0 Å². The molecule has 0 atom stereocenters. The Bertz CT molecular complexity index is 928. The third kappa shape index (κ3) is 5.77. The van der Waals surface area contributed by atoms with E-state index in [-0.39, 0.29) is 17.7 Å². The zero-order valence-electron chi connectivity index (χ0n) is 18.4. The van der Waals surface area contributed by atoms with E-state index in [2.05, 4.69) is 5.32 Å². The Morgan fingerprint density at radius 3 is 2.52 bits per heavy atom. The molecule has 0 aromatic heterocycles. The van der Waals surface area contributed by atoms with E-state index >= 15 is 0 Å². The minimum Gasteiger partial charge on any atom is -0.383 e. The number of hydrogen-bond acceptors (Lipinski definition) is 4. The van der Waals surface area contributed by atoms with Crippen LogP contribution in [-0.2, 0) is 16.1 Å². The van der Waals surface area contributed by atoms with E-state index in [0.717, 1.165) is 36.2 Å². The molecular formula is C24H30ClN3O3. The number of anilines is 2. The lowest BCUT2D eigenvalue weighted by atomic mass is 9.85. The fourth-order valence-corrected chi connectivity index (χ4v) is 3.82. The van der Waals surface area contributed by atoms with Gasteiger partial charge in [-0.3, -0.25) is 9.59 Å². The van der Waals surface area contributed by atoms with Gasteiger partial charge < -0.3 is 19.9 Å². The van der Waals surface area contributed by atoms with Gasteiger partial charge in [-0.05, 0) is 48.7 Å². The van der Waals surface area contributed by atoms with Gasteiger partial charge in [0, 0.05) is 51.6 Å². The van der Waals surface area contributed by atoms with Crippen molar-refractivity contribution in [2.45, 2.75) is 25.8 Å². The predicted molar refractivity (Wildman–Crippen MR) is 125 cm³/mol. The number of ether oxygens (including phenoxy) is 1. The normalized spacial score (nSPS) is 13.4. The molecule has 31 heavy (non-hydrogen) atoms. The molecule has 1 saturated carbocycles. The average Bonchev–Trinajstić information content (AvgIpc) is 2.69. The van der Waals surface area contributed by atoms with Crippen molar-refractivity contribution in [2.75, 3.05) is 44.6 Å². The first-order valence-corrected chi connectivity index (χ1v) is 10.9. The molecule has 0 saturated heterocycles. The van der Waals surface area contributed by atoms with E-state index in [1.165, 1.54) is 0 Å². The van der Waals surface area contributed by atoms with Gasteiger partial charge in [-0.1, -0.05) is 30.2 Å². The number of hydrogen-bond donors (Lipinski definition) is 1. The molecule has 166 valence electrons. The first-order chi connectivity index (χ1) is 14.9. The molecule has 0 heterocycles. The van der Waals surface area contributed by atoms with Crippen molar-refractivity contribution in [3.8, 4) is 0 Å². The van der Waals surface area contributed by atoms with Crippen LogP contribution in [-0.4, -0.2) is 51.1 Å². The summed E-state index contributed by atoms with van der Waals surface area (Å²) in [5.74, 6) is 0.0198. The largest absolute Gasteiger partial charge is 0.383 e. The van der Waals surface area contributed by atoms with Crippen LogP contribution >= 0.6 is 11.6 Å². The summed E-state index contributed by atoms with van der Waals surface area (Å²) in [6, 6.07) is 12.9. The topological polar surface area (TPSA) is 61.9 Å². The highest BCUT2D eigenvalue weighted by Gasteiger charge is 2.25. The molecule has 0 spiro atoms. The van der Waals surface area contributed by atoms with Gasteiger partial charge in [0.15, 0.2) is 0 Å². The molecule has 0 aliphatic heterocycles. The lowest BCUT2D eigenvalue weighted by Gasteiger charge is -2.27. The lowest BCUT2D eigenvalue weighted by Crippen LogP contribution is -2.34. The summed E-state index contributed by atoms with van der Waals surface area (Å²) >= 11 is 6.28. The third-order valence-corrected chi connectivity index (χ3v) is 5.95. The first-order valence-electron chi connectivity index (χ1n) is 10.5. The number of nitrogens with zero attached hydrogens (tertiary/aromatic N) is 2. The van der Waals surface area contributed by atoms with Crippen molar-refractivity contribution in [2.24, 2.45) is 5.92 Å². The molecule has 2 aromatic carbocycles. The molecule has 1 aliphatic carbocycles. The Balaban J connectivity index is 1.87. The van der Waals surface area contributed by atoms with Crippen LogP contribution in [0.25, 0.3) is 0 Å². The molecule has 0 bridgehead atoms. The van der Waals surface area contributed by atoms with Crippen LogP contribution in [0.1, 0.15) is 35.2 Å². The quantitative estimate of drug-likeness (QED) is 0.622. The zero-order chi connectivity index (χ0) is 22.4. The Labute approximate surface area is 189 Å². The molecule has 1 N–H and O–H groups in total. The number of rotatable bonds is 9. The molecule has 0 unspecified atom stereocenters. The molecule has 1 fully saturated rings. The first kappa shape index (κ1) is 23.1. The summed E-state index contributed by atoms with van der Waals surface area (Å²) in [6.07, 6.45) is 3.01. The Morgan fingerprint density at radius 1 is 1.16 bits per heavy atom. The maximum Gasteiger partial charge on any atom is 0.255 e. The number of amides is 2. The molecule has 6 nitrogen and oxygen atoms in total. The van der Waals surface area contributed by atoms with Gasteiger partial charge in [0.05, 0.1) is 17.2 Å². The summed E-state index contributed by atoms with van der Waals surface area (Å²) in [5, 5.41) is 3.45. The molecule has 3 rings (SSSR count). The molecule has 1 aliphatic rings. The molecule has 2 aromatic rings. The Morgan fingerprint density at radius 2 is 1.90 bits per heavy atom. The van der Waals surface area contributed by atoms with Crippen LogP contribution in [0.2, 0.25) is 5.02 Å². The fraction of sp³-hybridized carbons (Fsp3) is 0.417. The van der Waals surface area contributed by atoms with Gasteiger partial charge in [-0.25, -0.2) is 0 Å². The number of nitrogens with one attached hydrogen (secondary N) is 1. The van der Waals surface area contributed by atoms with Crippen LogP contribution in [0.4, 0.5) is 11.4 Å². The van der Waals surface area contributed by atoms with E-state index in [1.807, 2.05) is 37.2 Å². The number of halogens is 1. The summed E-state index contributed by atoms with van der Waals surface area (Å²) < 4.78 is 5.23. The maximum absolute atomic E-state index is 13.3. The highest BCUT2D eigenvalue weighted by Crippen LogP contribution is 2.30. The number of carbonyl (C=O) groups excluding carboxylic acids is 2. The SMILES string of the molecule is COCCN(Cc1cc(NC(=O)C2CCC2)ccc1N(C)C)C(=O)c1ccccc1Cl. The van der Waals surface area contributed by atoms with Gasteiger partial charge in [-0.15, -0.1) is 0 Å². The Kier molecular flexibility index (Phi) is 7.93. The van der Waals surface area contributed by atoms with Crippen molar-refractivity contribution in [3.05, 3.63) is 58.6 Å². The Hall–Kier alpha value is -2.57. The number of carbonyl (C=O) groups is 2. The van der Waals surface area contributed by atoms with E-state index < -0.39 is 0 Å². The summed E-state index contributed by atoms with van der Waals surface area (Å²) in [6.45, 7) is 1.20. The van der Waals surface area contributed by atoms with Crippen molar-refractivity contribution >= 4 is 34.8 Å². The smallest absolute Gasteiger partial charge is 0.255 e. The third-order valence-electron chi connectivity index (χ3n) is 5.62. The van der Waals surface area contributed by atoms with Crippen LogP contribution in [0, 0.1) is 5.92 Å². The molecule has 0 radical (unpaired) electrons. The van der Waals surface area contributed by atoms with E-state index in [9.17, 15) is 9.59 Å². The summed E-state index contributed by atoms with van der Waals surface area (Å²) in [5.41, 5.74) is 3.12. The fourth-order valence-electron chi connectivity index (χ4n) is 3.61. The van der Waals surface area contributed by atoms with Gasteiger partial charge in [0.25, 0.3) is 5.91 Å². The van der Waals surface area contributed by atoms with Gasteiger partial charge in [0.2, 0.25) is 5.91 Å². The lowest BCUT2D eigenvalue weighted by molar-refractivity contribution is -0.122. The van der Waals surface area contributed by atoms with Gasteiger partial charge in [-0.2, -0.15) is 0 Å². The van der Waals surface area contributed by atoms with E-state index in [1.54, 1.807) is 36.3 Å². The second-order valence-electron chi connectivity index (χ2n) is 8.05. The van der Waals surface area contributed by atoms with Crippen LogP contribution in [0.5, 0.6) is 0 Å². The number of methoxy groups -OCH3 is 1. The predicted octanol–water partition coefficient (Wildman–Crippen LogP) is 4.43. The van der Waals surface area contributed by atoms with Crippen LogP contribution < -0.4 is 10.2 Å². The number of benzene rings is 2.